The SMILES string of the molecule is NS(=O)(=O)N1CCC[C@@H]2CN3CCc4ccccc4[C@H]3C[C@@H]21. The van der Waals surface area contributed by atoms with Gasteiger partial charge in [-0.05, 0) is 42.7 Å². The Kier molecular flexibility index (Phi) is 3.52. The quantitative estimate of drug-likeness (QED) is 0.847. The highest BCUT2D eigenvalue weighted by molar-refractivity contribution is 7.86. The van der Waals surface area contributed by atoms with Crippen molar-refractivity contribution in [2.75, 3.05) is 19.6 Å². The molecule has 3 heterocycles. The van der Waals surface area contributed by atoms with E-state index in [0.29, 0.717) is 18.5 Å². The van der Waals surface area contributed by atoms with Gasteiger partial charge < -0.3 is 0 Å². The van der Waals surface area contributed by atoms with Gasteiger partial charge in [-0.1, -0.05) is 24.3 Å². The molecule has 120 valence electrons. The molecule has 2 N–H and O–H groups in total. The number of benzene rings is 1. The van der Waals surface area contributed by atoms with Crippen LogP contribution in [0.5, 0.6) is 0 Å². The van der Waals surface area contributed by atoms with Crippen LogP contribution in [-0.4, -0.2) is 43.3 Å². The molecule has 4 rings (SSSR count). The zero-order valence-corrected chi connectivity index (χ0v) is 13.5. The first-order valence-corrected chi connectivity index (χ1v) is 9.66. The fourth-order valence-electron chi connectivity index (χ4n) is 4.67. The summed E-state index contributed by atoms with van der Waals surface area (Å²) < 4.78 is 25.4. The summed E-state index contributed by atoms with van der Waals surface area (Å²) in [4.78, 5) is 2.55. The third kappa shape index (κ3) is 2.38. The van der Waals surface area contributed by atoms with E-state index >= 15 is 0 Å². The Morgan fingerprint density at radius 1 is 1.18 bits per heavy atom. The van der Waals surface area contributed by atoms with E-state index in [2.05, 4.69) is 29.2 Å². The second kappa shape index (κ2) is 5.30. The highest BCUT2D eigenvalue weighted by Crippen LogP contribution is 2.43. The molecule has 0 aromatic heterocycles. The molecule has 3 aliphatic rings. The summed E-state index contributed by atoms with van der Waals surface area (Å²) in [5.41, 5.74) is 2.80. The van der Waals surface area contributed by atoms with E-state index in [0.717, 1.165) is 38.8 Å². The van der Waals surface area contributed by atoms with Crippen molar-refractivity contribution >= 4 is 10.2 Å². The highest BCUT2D eigenvalue weighted by Gasteiger charge is 2.45. The molecule has 0 spiro atoms. The molecule has 6 heteroatoms. The van der Waals surface area contributed by atoms with Crippen molar-refractivity contribution in [1.82, 2.24) is 9.21 Å². The van der Waals surface area contributed by atoms with Crippen molar-refractivity contribution in [2.45, 2.75) is 37.8 Å². The molecule has 0 saturated carbocycles. The maximum Gasteiger partial charge on any atom is 0.277 e. The minimum Gasteiger partial charge on any atom is -0.296 e. The zero-order valence-electron chi connectivity index (χ0n) is 12.7. The topological polar surface area (TPSA) is 66.6 Å². The van der Waals surface area contributed by atoms with Crippen molar-refractivity contribution in [2.24, 2.45) is 11.1 Å². The number of fused-ring (bicyclic) bond motifs is 4. The van der Waals surface area contributed by atoms with Gasteiger partial charge in [-0.25, -0.2) is 5.14 Å². The van der Waals surface area contributed by atoms with Gasteiger partial charge in [0.15, 0.2) is 0 Å². The summed E-state index contributed by atoms with van der Waals surface area (Å²) >= 11 is 0. The minimum atomic E-state index is -3.60. The van der Waals surface area contributed by atoms with E-state index in [1.807, 2.05) is 0 Å². The molecule has 1 aromatic rings. The third-order valence-corrected chi connectivity index (χ3v) is 6.76. The number of nitrogens with two attached hydrogens (primary N) is 1. The molecule has 0 amide bonds. The second-order valence-corrected chi connectivity index (χ2v) is 8.32. The number of hydrogen-bond donors (Lipinski definition) is 1. The number of piperidine rings is 2. The molecule has 2 saturated heterocycles. The molecule has 0 radical (unpaired) electrons. The average molecular weight is 321 g/mol. The van der Waals surface area contributed by atoms with Gasteiger partial charge in [-0.2, -0.15) is 12.7 Å². The maximum atomic E-state index is 11.9. The summed E-state index contributed by atoms with van der Waals surface area (Å²) in [6.07, 6.45) is 4.01. The van der Waals surface area contributed by atoms with Crippen LogP contribution >= 0.6 is 0 Å². The van der Waals surface area contributed by atoms with E-state index < -0.39 is 10.2 Å². The standard InChI is InChI=1S/C16H23N3O2S/c17-22(20,21)19-8-3-5-13-11-18-9-7-12-4-1-2-6-14(12)16(18)10-15(13)19/h1-2,4,6,13,15-16H,3,5,7-11H2,(H2,17,20,21)/t13-,15+,16-/m1/s1. The van der Waals surface area contributed by atoms with Crippen LogP contribution in [0.3, 0.4) is 0 Å². The summed E-state index contributed by atoms with van der Waals surface area (Å²) in [5, 5.41) is 5.46. The Morgan fingerprint density at radius 3 is 2.82 bits per heavy atom. The van der Waals surface area contributed by atoms with E-state index in [-0.39, 0.29) is 6.04 Å². The first-order valence-electron chi connectivity index (χ1n) is 8.15. The molecule has 22 heavy (non-hydrogen) atoms. The number of nitrogens with zero attached hydrogens (tertiary/aromatic N) is 2. The van der Waals surface area contributed by atoms with Crippen LogP contribution in [-0.2, 0) is 16.6 Å². The van der Waals surface area contributed by atoms with Gasteiger partial charge in [-0.15, -0.1) is 0 Å². The number of hydrogen-bond acceptors (Lipinski definition) is 3. The van der Waals surface area contributed by atoms with Gasteiger partial charge >= 0.3 is 0 Å². The van der Waals surface area contributed by atoms with Gasteiger partial charge in [-0.3, -0.25) is 4.90 Å². The van der Waals surface area contributed by atoms with Crippen LogP contribution in [0.2, 0.25) is 0 Å². The molecule has 0 unspecified atom stereocenters. The van der Waals surface area contributed by atoms with Crippen molar-refractivity contribution in [3.05, 3.63) is 35.4 Å². The Hall–Kier alpha value is -0.950. The third-order valence-electron chi connectivity index (χ3n) is 5.65. The van der Waals surface area contributed by atoms with Crippen LogP contribution < -0.4 is 5.14 Å². The first kappa shape index (κ1) is 14.6. The molecular weight excluding hydrogens is 298 g/mol. The van der Waals surface area contributed by atoms with Gasteiger partial charge in [0, 0.05) is 31.7 Å². The second-order valence-electron chi connectivity index (χ2n) is 6.82. The first-order chi connectivity index (χ1) is 10.5. The van der Waals surface area contributed by atoms with Crippen LogP contribution in [0, 0.1) is 5.92 Å². The van der Waals surface area contributed by atoms with E-state index in [1.54, 1.807) is 4.31 Å². The van der Waals surface area contributed by atoms with Gasteiger partial charge in [0.25, 0.3) is 10.2 Å². The molecule has 0 aliphatic carbocycles. The van der Waals surface area contributed by atoms with E-state index in [9.17, 15) is 8.42 Å². The zero-order chi connectivity index (χ0) is 15.3. The minimum absolute atomic E-state index is 0.0659. The summed E-state index contributed by atoms with van der Waals surface area (Å²) in [5.74, 6) is 0.425. The fraction of sp³-hybridized carbons (Fsp3) is 0.625. The number of rotatable bonds is 1. The van der Waals surface area contributed by atoms with E-state index in [1.165, 1.54) is 11.1 Å². The predicted molar refractivity (Wildman–Crippen MR) is 85.4 cm³/mol. The van der Waals surface area contributed by atoms with Gasteiger partial charge in [0.2, 0.25) is 0 Å². The Labute approximate surface area is 132 Å². The van der Waals surface area contributed by atoms with Crippen molar-refractivity contribution in [3.63, 3.8) is 0 Å². The molecule has 3 aliphatic heterocycles. The highest BCUT2D eigenvalue weighted by atomic mass is 32.2. The van der Waals surface area contributed by atoms with Crippen LogP contribution in [0.15, 0.2) is 24.3 Å². The normalized spacial score (nSPS) is 32.9. The fourth-order valence-corrected chi connectivity index (χ4v) is 5.69. The lowest BCUT2D eigenvalue weighted by Gasteiger charge is -2.51. The Morgan fingerprint density at radius 2 is 2.00 bits per heavy atom. The Bertz CT molecular complexity index is 676. The monoisotopic (exact) mass is 321 g/mol. The van der Waals surface area contributed by atoms with Crippen molar-refractivity contribution in [3.8, 4) is 0 Å². The molecule has 5 nitrogen and oxygen atoms in total. The summed E-state index contributed by atoms with van der Waals surface area (Å²) in [6.45, 7) is 2.66. The summed E-state index contributed by atoms with van der Waals surface area (Å²) in [6, 6.07) is 9.00. The molecule has 0 bridgehead atoms. The van der Waals surface area contributed by atoms with Gasteiger partial charge in [0.1, 0.15) is 0 Å². The lowest BCUT2D eigenvalue weighted by atomic mass is 9.77. The van der Waals surface area contributed by atoms with Crippen LogP contribution in [0.1, 0.15) is 36.4 Å². The van der Waals surface area contributed by atoms with Crippen molar-refractivity contribution in [1.29, 1.82) is 0 Å². The molecule has 1 aromatic carbocycles. The van der Waals surface area contributed by atoms with E-state index in [4.69, 9.17) is 5.14 Å². The van der Waals surface area contributed by atoms with Crippen LogP contribution in [0.4, 0.5) is 0 Å². The largest absolute Gasteiger partial charge is 0.296 e. The smallest absolute Gasteiger partial charge is 0.277 e. The predicted octanol–water partition coefficient (Wildman–Crippen LogP) is 1.27. The molecule has 3 atom stereocenters. The molecule has 2 fully saturated rings. The lowest BCUT2D eigenvalue weighted by molar-refractivity contribution is 0.0220. The van der Waals surface area contributed by atoms with Crippen LogP contribution in [0.25, 0.3) is 0 Å². The van der Waals surface area contributed by atoms with Crippen molar-refractivity contribution < 1.29 is 8.42 Å². The van der Waals surface area contributed by atoms with Gasteiger partial charge in [0.05, 0.1) is 0 Å². The maximum absolute atomic E-state index is 11.9. The lowest BCUT2D eigenvalue weighted by Crippen LogP contribution is -2.58. The summed E-state index contributed by atoms with van der Waals surface area (Å²) in [7, 11) is -3.60. The average Bonchev–Trinajstić information content (AvgIpc) is 2.51. The Balaban J connectivity index is 1.67. The molecular formula is C16H23N3O2S.